The highest BCUT2D eigenvalue weighted by molar-refractivity contribution is 6.10. The van der Waals surface area contributed by atoms with Crippen LogP contribution in [0.15, 0.2) is 90.5 Å². The first-order valence-corrected chi connectivity index (χ1v) is 11.3. The van der Waals surface area contributed by atoms with Gasteiger partial charge in [0.05, 0.1) is 12.7 Å². The molecule has 4 rings (SSSR count). The number of anilines is 1. The van der Waals surface area contributed by atoms with Gasteiger partial charge in [0.25, 0.3) is 5.91 Å². The lowest BCUT2D eigenvalue weighted by atomic mass is 10.0. The third kappa shape index (κ3) is 5.43. The number of rotatable bonds is 7. The Morgan fingerprint density at radius 3 is 2.42 bits per heavy atom. The van der Waals surface area contributed by atoms with E-state index in [2.05, 4.69) is 34.3 Å². The van der Waals surface area contributed by atoms with E-state index >= 15 is 0 Å². The molecule has 0 aliphatic rings. The van der Waals surface area contributed by atoms with Gasteiger partial charge in [-0.15, -0.1) is 0 Å². The minimum absolute atomic E-state index is 0.0792. The van der Waals surface area contributed by atoms with Gasteiger partial charge in [-0.1, -0.05) is 54.6 Å². The van der Waals surface area contributed by atoms with Crippen molar-refractivity contribution in [1.82, 2.24) is 0 Å². The van der Waals surface area contributed by atoms with Crippen molar-refractivity contribution in [3.05, 3.63) is 113 Å². The zero-order valence-corrected chi connectivity index (χ0v) is 19.9. The van der Waals surface area contributed by atoms with Crippen LogP contribution in [0, 0.1) is 18.3 Å². The number of hydrogen-bond acceptors (Lipinski definition) is 5. The predicted molar refractivity (Wildman–Crippen MR) is 139 cm³/mol. The maximum atomic E-state index is 12.8. The molecule has 178 valence electrons. The van der Waals surface area contributed by atoms with Crippen molar-refractivity contribution in [3.63, 3.8) is 0 Å². The summed E-state index contributed by atoms with van der Waals surface area (Å²) in [6.07, 6.45) is 1.50. The fourth-order valence-corrected chi connectivity index (χ4v) is 3.83. The maximum Gasteiger partial charge on any atom is 0.337 e. The molecular weight excluding hydrogens is 452 g/mol. The van der Waals surface area contributed by atoms with Crippen LogP contribution >= 0.6 is 0 Å². The van der Waals surface area contributed by atoms with Crippen LogP contribution in [-0.2, 0) is 16.1 Å². The number of fused-ring (bicyclic) bond motifs is 1. The zero-order chi connectivity index (χ0) is 25.5. The zero-order valence-electron chi connectivity index (χ0n) is 19.9. The number of amides is 1. The van der Waals surface area contributed by atoms with E-state index in [0.29, 0.717) is 29.2 Å². The van der Waals surface area contributed by atoms with E-state index in [9.17, 15) is 14.9 Å². The summed E-state index contributed by atoms with van der Waals surface area (Å²) in [5.41, 5.74) is 3.55. The summed E-state index contributed by atoms with van der Waals surface area (Å²) in [6.45, 7) is 2.39. The lowest BCUT2D eigenvalue weighted by molar-refractivity contribution is -0.112. The van der Waals surface area contributed by atoms with E-state index < -0.39 is 11.9 Å². The van der Waals surface area contributed by atoms with Crippen LogP contribution in [0.2, 0.25) is 0 Å². The Hall–Kier alpha value is -4.89. The Labute approximate surface area is 209 Å². The molecular formula is C30H24N2O4. The van der Waals surface area contributed by atoms with Gasteiger partial charge in [-0.2, -0.15) is 5.26 Å². The number of nitrogens with one attached hydrogen (secondary N) is 1. The van der Waals surface area contributed by atoms with Crippen LogP contribution < -0.4 is 10.1 Å². The van der Waals surface area contributed by atoms with E-state index in [1.807, 2.05) is 43.3 Å². The molecule has 0 unspecified atom stereocenters. The highest BCUT2D eigenvalue weighted by atomic mass is 16.5. The van der Waals surface area contributed by atoms with Gasteiger partial charge in [0, 0.05) is 16.8 Å². The van der Waals surface area contributed by atoms with E-state index in [1.54, 1.807) is 18.2 Å². The number of aryl methyl sites for hydroxylation is 1. The van der Waals surface area contributed by atoms with Crippen molar-refractivity contribution in [2.24, 2.45) is 0 Å². The Morgan fingerprint density at radius 1 is 0.944 bits per heavy atom. The fraction of sp³-hybridized carbons (Fsp3) is 0.100. The van der Waals surface area contributed by atoms with Crippen molar-refractivity contribution in [2.75, 3.05) is 12.4 Å². The largest absolute Gasteiger partial charge is 0.488 e. The predicted octanol–water partition coefficient (Wildman–Crippen LogP) is 6.06. The van der Waals surface area contributed by atoms with Gasteiger partial charge in [-0.05, 0) is 59.7 Å². The monoisotopic (exact) mass is 476 g/mol. The molecule has 0 aromatic heterocycles. The van der Waals surface area contributed by atoms with Crippen LogP contribution in [0.3, 0.4) is 0 Å². The average molecular weight is 477 g/mol. The first-order valence-electron chi connectivity index (χ1n) is 11.3. The smallest absolute Gasteiger partial charge is 0.337 e. The number of nitrogens with zero attached hydrogens (tertiary/aromatic N) is 1. The maximum absolute atomic E-state index is 12.8. The van der Waals surface area contributed by atoms with Crippen molar-refractivity contribution in [2.45, 2.75) is 13.5 Å². The van der Waals surface area contributed by atoms with Gasteiger partial charge in [-0.25, -0.2) is 4.79 Å². The number of ether oxygens (including phenoxy) is 2. The fourth-order valence-electron chi connectivity index (χ4n) is 3.83. The number of benzene rings is 4. The molecule has 4 aromatic rings. The molecule has 0 aliphatic carbocycles. The van der Waals surface area contributed by atoms with Gasteiger partial charge in [0.1, 0.15) is 24.0 Å². The summed E-state index contributed by atoms with van der Waals surface area (Å²) in [4.78, 5) is 24.4. The molecule has 0 atom stereocenters. The van der Waals surface area contributed by atoms with Crippen molar-refractivity contribution >= 4 is 34.4 Å². The Balaban J connectivity index is 1.54. The first-order chi connectivity index (χ1) is 17.5. The van der Waals surface area contributed by atoms with Crippen molar-refractivity contribution < 1.29 is 19.1 Å². The van der Waals surface area contributed by atoms with Crippen molar-refractivity contribution in [1.29, 1.82) is 5.26 Å². The van der Waals surface area contributed by atoms with Crippen LogP contribution in [-0.4, -0.2) is 19.0 Å². The summed E-state index contributed by atoms with van der Waals surface area (Å²) in [7, 11) is 1.30. The number of carbonyl (C=O) groups is 2. The number of esters is 1. The van der Waals surface area contributed by atoms with E-state index in [0.717, 1.165) is 21.9 Å². The highest BCUT2D eigenvalue weighted by Crippen LogP contribution is 2.27. The molecule has 0 saturated carbocycles. The first kappa shape index (κ1) is 24.2. The minimum Gasteiger partial charge on any atom is -0.488 e. The summed E-state index contributed by atoms with van der Waals surface area (Å²) in [5.74, 6) is -0.475. The standard InChI is InChI=1S/C30H24N2O4/c1-20-11-12-21-7-3-5-9-26(21)27(20)19-36-28-10-6-4-8-23(28)17-24(18-31)29(33)32-25-15-13-22(14-16-25)30(34)35-2/h3-17H,19H2,1-2H3,(H,32,33)/b24-17+. The minimum atomic E-state index is -0.567. The molecule has 36 heavy (non-hydrogen) atoms. The topological polar surface area (TPSA) is 88.4 Å². The number of methoxy groups -OCH3 is 1. The molecule has 0 spiro atoms. The molecule has 0 fully saturated rings. The second-order valence-corrected chi connectivity index (χ2v) is 8.10. The molecule has 0 radical (unpaired) electrons. The average Bonchev–Trinajstić information content (AvgIpc) is 2.91. The second-order valence-electron chi connectivity index (χ2n) is 8.10. The summed E-state index contributed by atoms with van der Waals surface area (Å²) in [6, 6.07) is 27.8. The lowest BCUT2D eigenvalue weighted by Gasteiger charge is -2.14. The Kier molecular flexibility index (Phi) is 7.42. The Bertz CT molecular complexity index is 1500. The lowest BCUT2D eigenvalue weighted by Crippen LogP contribution is -2.13. The van der Waals surface area contributed by atoms with Gasteiger partial charge < -0.3 is 14.8 Å². The normalized spacial score (nSPS) is 11.0. The number of hydrogen-bond donors (Lipinski definition) is 1. The van der Waals surface area contributed by atoms with E-state index in [-0.39, 0.29) is 5.57 Å². The van der Waals surface area contributed by atoms with Crippen LogP contribution in [0.4, 0.5) is 5.69 Å². The third-order valence-electron chi connectivity index (χ3n) is 5.79. The third-order valence-corrected chi connectivity index (χ3v) is 5.79. The van der Waals surface area contributed by atoms with Crippen LogP contribution in [0.25, 0.3) is 16.8 Å². The van der Waals surface area contributed by atoms with Gasteiger partial charge in [0.2, 0.25) is 0 Å². The van der Waals surface area contributed by atoms with Crippen LogP contribution in [0.1, 0.15) is 27.0 Å². The molecule has 4 aromatic carbocycles. The number of carbonyl (C=O) groups excluding carboxylic acids is 2. The van der Waals surface area contributed by atoms with Gasteiger partial charge >= 0.3 is 5.97 Å². The molecule has 0 saturated heterocycles. The SMILES string of the molecule is COC(=O)c1ccc(NC(=O)/C(C#N)=C/c2ccccc2OCc2c(C)ccc3ccccc23)cc1. The van der Waals surface area contributed by atoms with Crippen molar-refractivity contribution in [3.8, 4) is 11.8 Å². The second kappa shape index (κ2) is 11.0. The molecule has 6 heteroatoms. The number of para-hydroxylation sites is 1. The Morgan fingerprint density at radius 2 is 1.67 bits per heavy atom. The van der Waals surface area contributed by atoms with E-state index in [1.165, 1.54) is 25.3 Å². The highest BCUT2D eigenvalue weighted by Gasteiger charge is 2.13. The quantitative estimate of drug-likeness (QED) is 0.199. The molecule has 0 heterocycles. The summed E-state index contributed by atoms with van der Waals surface area (Å²) >= 11 is 0. The summed E-state index contributed by atoms with van der Waals surface area (Å²) < 4.78 is 10.8. The van der Waals surface area contributed by atoms with Gasteiger partial charge in [0.15, 0.2) is 0 Å². The number of nitriles is 1. The molecule has 6 nitrogen and oxygen atoms in total. The van der Waals surface area contributed by atoms with E-state index in [4.69, 9.17) is 4.74 Å². The summed E-state index contributed by atoms with van der Waals surface area (Å²) in [5, 5.41) is 14.6. The molecule has 0 aliphatic heterocycles. The molecule has 1 N–H and O–H groups in total. The van der Waals surface area contributed by atoms with Gasteiger partial charge in [-0.3, -0.25) is 4.79 Å². The molecule has 1 amide bonds. The molecule has 0 bridgehead atoms. The van der Waals surface area contributed by atoms with Crippen LogP contribution in [0.5, 0.6) is 5.75 Å².